The summed E-state index contributed by atoms with van der Waals surface area (Å²) in [4.78, 5) is 25.5. The third-order valence-corrected chi connectivity index (χ3v) is 6.61. The predicted octanol–water partition coefficient (Wildman–Crippen LogP) is 3.74. The molecule has 0 heterocycles. The molecule has 3 atom stereocenters. The normalized spacial score (nSPS) is 31.9. The topological polar surface area (TPSA) is 63.6 Å². The van der Waals surface area contributed by atoms with E-state index in [4.69, 9.17) is 4.74 Å². The number of carbonyl (C=O) groups excluding carboxylic acids is 2. The molecular weight excluding hydrogens is 316 g/mol. The van der Waals surface area contributed by atoms with Gasteiger partial charge in [0.15, 0.2) is 5.78 Å². The Morgan fingerprint density at radius 3 is 2.56 bits per heavy atom. The summed E-state index contributed by atoms with van der Waals surface area (Å²) in [6.07, 6.45) is 2.99. The Labute approximate surface area is 149 Å². The zero-order valence-electron chi connectivity index (χ0n) is 15.8. The standard InChI is InChI=1S/C21H28O4/c1-19(2,24)13-7-8-15-14(11-13)16(22)12-17-20(15,3)9-6-10-21(17,4)18(23)25-5/h7-8,11,17,24H,6,9-10,12H2,1-5H3/t17-,20+,21+/m0/s1. The maximum atomic E-state index is 12.9. The van der Waals surface area contributed by atoms with E-state index in [9.17, 15) is 14.7 Å². The van der Waals surface area contributed by atoms with E-state index in [0.717, 1.165) is 30.4 Å². The summed E-state index contributed by atoms with van der Waals surface area (Å²) >= 11 is 0. The molecule has 0 aromatic heterocycles. The van der Waals surface area contributed by atoms with E-state index in [1.165, 1.54) is 7.11 Å². The van der Waals surface area contributed by atoms with Crippen molar-refractivity contribution in [2.45, 2.75) is 64.4 Å². The van der Waals surface area contributed by atoms with Crippen molar-refractivity contribution in [2.75, 3.05) is 7.11 Å². The zero-order valence-corrected chi connectivity index (χ0v) is 15.8. The highest BCUT2D eigenvalue weighted by atomic mass is 16.5. The Morgan fingerprint density at radius 2 is 1.96 bits per heavy atom. The van der Waals surface area contributed by atoms with Gasteiger partial charge in [0, 0.05) is 12.0 Å². The monoisotopic (exact) mass is 344 g/mol. The number of Topliss-reactive ketones (excluding diaryl/α,β-unsaturated/α-hetero) is 1. The lowest BCUT2D eigenvalue weighted by molar-refractivity contribution is -0.160. The van der Waals surface area contributed by atoms with E-state index >= 15 is 0 Å². The molecule has 1 saturated carbocycles. The summed E-state index contributed by atoms with van der Waals surface area (Å²) in [6, 6.07) is 5.72. The van der Waals surface area contributed by atoms with Crippen LogP contribution in [0.1, 0.15) is 74.9 Å². The maximum Gasteiger partial charge on any atom is 0.311 e. The molecule has 2 aliphatic rings. The largest absolute Gasteiger partial charge is 0.469 e. The Kier molecular flexibility index (Phi) is 4.11. The first-order chi connectivity index (χ1) is 11.5. The number of rotatable bonds is 2. The number of methoxy groups -OCH3 is 1. The fourth-order valence-corrected chi connectivity index (χ4v) is 5.07. The van der Waals surface area contributed by atoms with Crippen molar-refractivity contribution in [1.29, 1.82) is 0 Å². The number of fused-ring (bicyclic) bond motifs is 3. The number of aliphatic hydroxyl groups is 1. The number of hydrogen-bond acceptors (Lipinski definition) is 4. The Bertz CT molecular complexity index is 730. The average molecular weight is 344 g/mol. The molecule has 0 spiro atoms. The first-order valence-corrected chi connectivity index (χ1v) is 9.03. The lowest BCUT2D eigenvalue weighted by atomic mass is 9.49. The number of benzene rings is 1. The van der Waals surface area contributed by atoms with Crippen molar-refractivity contribution in [1.82, 2.24) is 0 Å². The Hall–Kier alpha value is -1.68. The lowest BCUT2D eigenvalue weighted by Gasteiger charge is -2.53. The van der Waals surface area contributed by atoms with Crippen LogP contribution >= 0.6 is 0 Å². The minimum atomic E-state index is -0.986. The second kappa shape index (κ2) is 5.66. The van der Waals surface area contributed by atoms with Gasteiger partial charge in [-0.25, -0.2) is 0 Å². The number of esters is 1. The molecule has 0 amide bonds. The molecule has 2 aliphatic carbocycles. The minimum absolute atomic E-state index is 0.0561. The van der Waals surface area contributed by atoms with Crippen LogP contribution in [0.4, 0.5) is 0 Å². The summed E-state index contributed by atoms with van der Waals surface area (Å²) in [5, 5.41) is 10.3. The number of hydrogen-bond donors (Lipinski definition) is 1. The molecule has 0 radical (unpaired) electrons. The maximum absolute atomic E-state index is 12.9. The Balaban J connectivity index is 2.14. The summed E-state index contributed by atoms with van der Waals surface area (Å²) in [5.74, 6) is -0.220. The van der Waals surface area contributed by atoms with Crippen molar-refractivity contribution in [3.8, 4) is 0 Å². The predicted molar refractivity (Wildman–Crippen MR) is 95.5 cm³/mol. The van der Waals surface area contributed by atoms with Gasteiger partial charge in [-0.1, -0.05) is 25.5 Å². The van der Waals surface area contributed by atoms with Crippen LogP contribution in [0.25, 0.3) is 0 Å². The van der Waals surface area contributed by atoms with E-state index in [1.54, 1.807) is 13.8 Å². The van der Waals surface area contributed by atoms with Crippen LogP contribution in [-0.2, 0) is 20.5 Å². The Morgan fingerprint density at radius 1 is 1.28 bits per heavy atom. The number of ether oxygens (including phenoxy) is 1. The number of ketones is 1. The van der Waals surface area contributed by atoms with Crippen LogP contribution in [0.15, 0.2) is 18.2 Å². The lowest BCUT2D eigenvalue weighted by Crippen LogP contribution is -2.53. The molecule has 25 heavy (non-hydrogen) atoms. The average Bonchev–Trinajstić information content (AvgIpc) is 2.55. The fraction of sp³-hybridized carbons (Fsp3) is 0.619. The molecule has 0 bridgehead atoms. The highest BCUT2D eigenvalue weighted by Crippen LogP contribution is 2.57. The smallest absolute Gasteiger partial charge is 0.311 e. The molecular formula is C21H28O4. The second-order valence-corrected chi connectivity index (χ2v) is 8.68. The van der Waals surface area contributed by atoms with Crippen LogP contribution in [-0.4, -0.2) is 24.0 Å². The molecule has 1 aromatic carbocycles. The second-order valence-electron chi connectivity index (χ2n) is 8.68. The van der Waals surface area contributed by atoms with E-state index < -0.39 is 11.0 Å². The summed E-state index contributed by atoms with van der Waals surface area (Å²) in [5.41, 5.74) is 0.601. The first-order valence-electron chi connectivity index (χ1n) is 9.03. The zero-order chi connectivity index (χ0) is 18.6. The summed E-state index contributed by atoms with van der Waals surface area (Å²) in [6.45, 7) is 7.57. The molecule has 0 aliphatic heterocycles. The van der Waals surface area contributed by atoms with E-state index in [2.05, 4.69) is 6.92 Å². The van der Waals surface area contributed by atoms with Crippen molar-refractivity contribution >= 4 is 11.8 Å². The molecule has 0 unspecified atom stereocenters. The highest BCUT2D eigenvalue weighted by molar-refractivity contribution is 6.00. The fourth-order valence-electron chi connectivity index (χ4n) is 5.07. The third kappa shape index (κ3) is 2.62. The van der Waals surface area contributed by atoms with E-state index in [-0.39, 0.29) is 23.1 Å². The van der Waals surface area contributed by atoms with Gasteiger partial charge in [0.1, 0.15) is 0 Å². The quantitative estimate of drug-likeness (QED) is 0.830. The molecule has 0 saturated heterocycles. The number of carbonyl (C=O) groups is 2. The van der Waals surface area contributed by atoms with Crippen molar-refractivity contribution in [3.63, 3.8) is 0 Å². The highest BCUT2D eigenvalue weighted by Gasteiger charge is 2.57. The van der Waals surface area contributed by atoms with Crippen LogP contribution in [0.2, 0.25) is 0 Å². The van der Waals surface area contributed by atoms with Gasteiger partial charge < -0.3 is 9.84 Å². The van der Waals surface area contributed by atoms with Gasteiger partial charge in [0.2, 0.25) is 0 Å². The van der Waals surface area contributed by atoms with Crippen LogP contribution in [0.3, 0.4) is 0 Å². The van der Waals surface area contributed by atoms with Gasteiger partial charge in [-0.15, -0.1) is 0 Å². The molecule has 4 heteroatoms. The molecule has 1 N–H and O–H groups in total. The van der Waals surface area contributed by atoms with Crippen molar-refractivity contribution in [2.24, 2.45) is 11.3 Å². The molecule has 1 aromatic rings. The summed E-state index contributed by atoms with van der Waals surface area (Å²) in [7, 11) is 1.42. The van der Waals surface area contributed by atoms with Crippen LogP contribution in [0.5, 0.6) is 0 Å². The van der Waals surface area contributed by atoms with Crippen molar-refractivity contribution in [3.05, 3.63) is 34.9 Å². The van der Waals surface area contributed by atoms with Gasteiger partial charge >= 0.3 is 5.97 Å². The molecule has 136 valence electrons. The minimum Gasteiger partial charge on any atom is -0.469 e. The van der Waals surface area contributed by atoms with Crippen LogP contribution < -0.4 is 0 Å². The van der Waals surface area contributed by atoms with E-state index in [0.29, 0.717) is 12.0 Å². The van der Waals surface area contributed by atoms with Gasteiger partial charge in [0.25, 0.3) is 0 Å². The molecule has 3 rings (SSSR count). The van der Waals surface area contributed by atoms with Crippen molar-refractivity contribution < 1.29 is 19.4 Å². The molecule has 4 nitrogen and oxygen atoms in total. The van der Waals surface area contributed by atoms with Gasteiger partial charge in [-0.3, -0.25) is 9.59 Å². The van der Waals surface area contributed by atoms with Gasteiger partial charge in [-0.05, 0) is 62.1 Å². The SMILES string of the molecule is COC(=O)[C@]1(C)CCC[C@]2(C)c3ccc(C(C)(C)O)cc3C(=O)C[C@H]12. The van der Waals surface area contributed by atoms with E-state index in [1.807, 2.05) is 25.1 Å². The van der Waals surface area contributed by atoms with Crippen LogP contribution in [0, 0.1) is 11.3 Å². The first kappa shape index (κ1) is 18.1. The van der Waals surface area contributed by atoms with Gasteiger partial charge in [-0.2, -0.15) is 0 Å². The molecule has 1 fully saturated rings. The van der Waals surface area contributed by atoms with Gasteiger partial charge in [0.05, 0.1) is 18.1 Å². The summed E-state index contributed by atoms with van der Waals surface area (Å²) < 4.78 is 5.09. The third-order valence-electron chi connectivity index (χ3n) is 6.61.